The van der Waals surface area contributed by atoms with Crippen LogP contribution in [0, 0.1) is 0 Å². The molecule has 0 aromatic carbocycles. The molecule has 3 rings (SSSR count). The molecule has 1 amide bonds. The molecule has 0 spiro atoms. The van der Waals surface area contributed by atoms with Crippen LogP contribution < -0.4 is 10.9 Å². The second kappa shape index (κ2) is 9.38. The average molecular weight is 422 g/mol. The summed E-state index contributed by atoms with van der Waals surface area (Å²) in [4.78, 5) is 45.4. The number of fused-ring (bicyclic) bond motifs is 3. The Morgan fingerprint density at radius 3 is 3.07 bits per heavy atom. The van der Waals surface area contributed by atoms with Crippen LogP contribution in [-0.4, -0.2) is 40.2 Å². The van der Waals surface area contributed by atoms with Gasteiger partial charge in [0.25, 0.3) is 11.5 Å². The molecule has 0 bridgehead atoms. The number of hydrogen-bond donors (Lipinski definition) is 2. The standard InChI is InChI=1S/C19H23N3O4S2/c1-3-8-20-17(24)11(2)26-15(23)7-9-27-10-14-21-18(25)16-12-5-4-6-13(12)28-19(16)22-14/h3,11H,1,4-10H2,2H3,(H,20,24)(H,21,22,25)/t11-/m0/s1. The number of carbonyl (C=O) groups is 2. The molecule has 0 aliphatic heterocycles. The molecule has 150 valence electrons. The normalized spacial score (nSPS) is 13.9. The predicted molar refractivity (Wildman–Crippen MR) is 112 cm³/mol. The van der Waals surface area contributed by atoms with E-state index in [0.29, 0.717) is 23.9 Å². The Morgan fingerprint density at radius 2 is 2.29 bits per heavy atom. The molecular weight excluding hydrogens is 398 g/mol. The van der Waals surface area contributed by atoms with Crippen LogP contribution >= 0.6 is 23.1 Å². The van der Waals surface area contributed by atoms with Gasteiger partial charge in [0.1, 0.15) is 10.7 Å². The third-order valence-corrected chi connectivity index (χ3v) is 6.57. The number of aryl methyl sites for hydroxylation is 2. The number of aromatic nitrogens is 2. The molecule has 0 saturated carbocycles. The lowest BCUT2D eigenvalue weighted by molar-refractivity contribution is -0.154. The van der Waals surface area contributed by atoms with Crippen molar-refractivity contribution in [3.05, 3.63) is 39.3 Å². The van der Waals surface area contributed by atoms with Crippen molar-refractivity contribution in [2.45, 2.75) is 44.5 Å². The quantitative estimate of drug-likeness (QED) is 0.366. The fourth-order valence-corrected chi connectivity index (χ4v) is 5.13. The van der Waals surface area contributed by atoms with Gasteiger partial charge in [-0.25, -0.2) is 4.98 Å². The second-order valence-electron chi connectivity index (χ2n) is 6.52. The number of hydrogen-bond acceptors (Lipinski definition) is 7. The highest BCUT2D eigenvalue weighted by Gasteiger charge is 2.21. The van der Waals surface area contributed by atoms with E-state index in [-0.39, 0.29) is 17.9 Å². The summed E-state index contributed by atoms with van der Waals surface area (Å²) < 4.78 is 5.10. The Morgan fingerprint density at radius 1 is 1.46 bits per heavy atom. The summed E-state index contributed by atoms with van der Waals surface area (Å²) in [5, 5.41) is 3.33. The van der Waals surface area contributed by atoms with Crippen molar-refractivity contribution in [3.8, 4) is 0 Å². The van der Waals surface area contributed by atoms with Crippen molar-refractivity contribution < 1.29 is 14.3 Å². The zero-order valence-electron chi connectivity index (χ0n) is 15.7. The summed E-state index contributed by atoms with van der Waals surface area (Å²) in [5.74, 6) is 0.867. The highest BCUT2D eigenvalue weighted by atomic mass is 32.2. The van der Waals surface area contributed by atoms with Gasteiger partial charge in [0.05, 0.1) is 17.6 Å². The maximum atomic E-state index is 12.4. The van der Waals surface area contributed by atoms with Crippen LogP contribution in [-0.2, 0) is 32.9 Å². The Balaban J connectivity index is 1.46. The smallest absolute Gasteiger partial charge is 0.307 e. The minimum atomic E-state index is -0.835. The van der Waals surface area contributed by atoms with Crippen LogP contribution in [0.25, 0.3) is 10.2 Å². The van der Waals surface area contributed by atoms with Crippen LogP contribution in [0.5, 0.6) is 0 Å². The van der Waals surface area contributed by atoms with Gasteiger partial charge >= 0.3 is 5.97 Å². The Bertz CT molecular complexity index is 951. The van der Waals surface area contributed by atoms with Crippen molar-refractivity contribution in [2.24, 2.45) is 0 Å². The first kappa shape index (κ1) is 20.6. The molecule has 0 fully saturated rings. The van der Waals surface area contributed by atoms with Crippen molar-refractivity contribution in [2.75, 3.05) is 12.3 Å². The number of carbonyl (C=O) groups excluding carboxylic acids is 2. The number of thiophene rings is 1. The average Bonchev–Trinajstić information content (AvgIpc) is 3.23. The molecule has 0 unspecified atom stereocenters. The maximum absolute atomic E-state index is 12.4. The molecule has 1 aliphatic carbocycles. The summed E-state index contributed by atoms with van der Waals surface area (Å²) in [5.41, 5.74) is 1.10. The van der Waals surface area contributed by atoms with Crippen LogP contribution in [0.2, 0.25) is 0 Å². The molecule has 7 nitrogen and oxygen atoms in total. The molecule has 28 heavy (non-hydrogen) atoms. The number of rotatable bonds is 9. The zero-order valence-corrected chi connectivity index (χ0v) is 17.3. The Hall–Kier alpha value is -2.13. The summed E-state index contributed by atoms with van der Waals surface area (Å²) in [6.45, 7) is 5.38. The Labute approximate surface area is 171 Å². The fraction of sp³-hybridized carbons (Fsp3) is 0.474. The van der Waals surface area contributed by atoms with E-state index in [1.807, 2.05) is 0 Å². The SMILES string of the molecule is C=CCNC(=O)[C@H](C)OC(=O)CCSCc1nc2sc3c(c2c(=O)[nH]1)CCC3. The van der Waals surface area contributed by atoms with Crippen molar-refractivity contribution in [3.63, 3.8) is 0 Å². The van der Waals surface area contributed by atoms with Crippen molar-refractivity contribution in [1.29, 1.82) is 0 Å². The number of aromatic amines is 1. The molecule has 0 radical (unpaired) electrons. The van der Waals surface area contributed by atoms with Gasteiger partial charge in [0.2, 0.25) is 0 Å². The molecule has 2 aromatic heterocycles. The molecule has 9 heteroatoms. The molecule has 2 heterocycles. The van der Waals surface area contributed by atoms with E-state index in [2.05, 4.69) is 21.9 Å². The van der Waals surface area contributed by atoms with E-state index >= 15 is 0 Å². The monoisotopic (exact) mass is 421 g/mol. The first-order chi connectivity index (χ1) is 13.5. The summed E-state index contributed by atoms with van der Waals surface area (Å²) in [7, 11) is 0. The summed E-state index contributed by atoms with van der Waals surface area (Å²) in [6.07, 6.45) is 4.01. The number of amides is 1. The molecule has 0 saturated heterocycles. The van der Waals surface area contributed by atoms with Crippen LogP contribution in [0.4, 0.5) is 0 Å². The lowest BCUT2D eigenvalue weighted by Crippen LogP contribution is -2.35. The van der Waals surface area contributed by atoms with Crippen molar-refractivity contribution >= 4 is 45.2 Å². The third kappa shape index (κ3) is 4.82. The second-order valence-corrected chi connectivity index (χ2v) is 8.71. The van der Waals surface area contributed by atoms with Crippen LogP contribution in [0.3, 0.4) is 0 Å². The predicted octanol–water partition coefficient (Wildman–Crippen LogP) is 2.33. The van der Waals surface area contributed by atoms with Crippen LogP contribution in [0.15, 0.2) is 17.4 Å². The van der Waals surface area contributed by atoms with Crippen LogP contribution in [0.1, 0.15) is 36.0 Å². The first-order valence-electron chi connectivity index (χ1n) is 9.19. The molecule has 1 aliphatic rings. The van der Waals surface area contributed by atoms with E-state index in [1.165, 1.54) is 29.1 Å². The van der Waals surface area contributed by atoms with Gasteiger partial charge in [-0.2, -0.15) is 11.8 Å². The first-order valence-corrected chi connectivity index (χ1v) is 11.2. The Kier molecular flexibility index (Phi) is 6.90. The minimum Gasteiger partial charge on any atom is -0.453 e. The topological polar surface area (TPSA) is 101 Å². The molecular formula is C19H23N3O4S2. The van der Waals surface area contributed by atoms with Crippen molar-refractivity contribution in [1.82, 2.24) is 15.3 Å². The van der Waals surface area contributed by atoms with E-state index < -0.39 is 12.1 Å². The van der Waals surface area contributed by atoms with Gasteiger partial charge in [-0.05, 0) is 31.7 Å². The lowest BCUT2D eigenvalue weighted by Gasteiger charge is -2.12. The van der Waals surface area contributed by atoms with Gasteiger partial charge < -0.3 is 15.0 Å². The molecule has 2 aromatic rings. The van der Waals surface area contributed by atoms with E-state index in [9.17, 15) is 14.4 Å². The lowest BCUT2D eigenvalue weighted by atomic mass is 10.2. The van der Waals surface area contributed by atoms with Gasteiger partial charge in [0.15, 0.2) is 6.10 Å². The summed E-state index contributed by atoms with van der Waals surface area (Å²) in [6, 6.07) is 0. The molecule has 1 atom stereocenters. The highest BCUT2D eigenvalue weighted by Crippen LogP contribution is 2.34. The number of thioether (sulfide) groups is 1. The molecule has 2 N–H and O–H groups in total. The van der Waals surface area contributed by atoms with Gasteiger partial charge in [0, 0.05) is 17.2 Å². The van der Waals surface area contributed by atoms with Gasteiger partial charge in [-0.3, -0.25) is 14.4 Å². The number of esters is 1. The summed E-state index contributed by atoms with van der Waals surface area (Å²) >= 11 is 3.10. The highest BCUT2D eigenvalue weighted by molar-refractivity contribution is 7.98. The number of nitrogens with one attached hydrogen (secondary N) is 2. The zero-order chi connectivity index (χ0) is 20.1. The van der Waals surface area contributed by atoms with E-state index in [1.54, 1.807) is 17.4 Å². The van der Waals surface area contributed by atoms with Gasteiger partial charge in [-0.1, -0.05) is 6.08 Å². The fourth-order valence-electron chi connectivity index (χ4n) is 3.07. The number of ether oxygens (including phenoxy) is 1. The minimum absolute atomic E-state index is 0.0706. The number of nitrogens with zero attached hydrogens (tertiary/aromatic N) is 1. The third-order valence-electron chi connectivity index (χ3n) is 4.41. The maximum Gasteiger partial charge on any atom is 0.307 e. The number of H-pyrrole nitrogens is 1. The van der Waals surface area contributed by atoms with E-state index in [4.69, 9.17) is 4.74 Å². The van der Waals surface area contributed by atoms with E-state index in [0.717, 1.165) is 29.5 Å². The largest absolute Gasteiger partial charge is 0.453 e. The van der Waals surface area contributed by atoms with Gasteiger partial charge in [-0.15, -0.1) is 17.9 Å².